The van der Waals surface area contributed by atoms with Gasteiger partial charge in [0.1, 0.15) is 5.82 Å². The Kier molecular flexibility index (Phi) is 4.31. The van der Waals surface area contributed by atoms with Gasteiger partial charge in [0.05, 0.1) is 5.52 Å². The molecule has 0 atom stereocenters. The second-order valence-corrected chi connectivity index (χ2v) is 6.45. The smallest absolute Gasteiger partial charge is 0.229 e. The first-order chi connectivity index (χ1) is 12.3. The number of aromatic nitrogens is 2. The highest BCUT2D eigenvalue weighted by atomic mass is 79.9. The predicted octanol–water partition coefficient (Wildman–Crippen LogP) is 5.88. The Morgan fingerprint density at radius 2 is 1.32 bits per heavy atom. The predicted molar refractivity (Wildman–Crippen MR) is 107 cm³/mol. The van der Waals surface area contributed by atoms with Crippen LogP contribution in [-0.4, -0.2) is 9.97 Å². The monoisotopic (exact) mass is 390 g/mol. The Hall–Kier alpha value is -2.92. The van der Waals surface area contributed by atoms with Crippen molar-refractivity contribution in [1.82, 2.24) is 9.97 Å². The molecule has 122 valence electrons. The van der Waals surface area contributed by atoms with Gasteiger partial charge in [0.2, 0.25) is 5.95 Å². The number of hydrogen-bond donors (Lipinski definition) is 2. The van der Waals surface area contributed by atoms with E-state index in [1.807, 2.05) is 78.9 Å². The molecule has 3 aromatic carbocycles. The minimum Gasteiger partial charge on any atom is -0.340 e. The molecule has 0 aliphatic carbocycles. The third-order valence-electron chi connectivity index (χ3n) is 3.74. The van der Waals surface area contributed by atoms with E-state index in [4.69, 9.17) is 0 Å². The maximum absolute atomic E-state index is 4.67. The van der Waals surface area contributed by atoms with Gasteiger partial charge >= 0.3 is 0 Å². The Morgan fingerprint density at radius 3 is 2.12 bits per heavy atom. The molecular formula is C20H15BrN4. The van der Waals surface area contributed by atoms with Crippen LogP contribution in [0, 0.1) is 0 Å². The molecule has 0 bridgehead atoms. The van der Waals surface area contributed by atoms with Crippen molar-refractivity contribution in [2.45, 2.75) is 0 Å². The molecule has 1 aromatic heterocycles. The van der Waals surface area contributed by atoms with Gasteiger partial charge in [-0.2, -0.15) is 4.98 Å². The molecule has 0 saturated heterocycles. The van der Waals surface area contributed by atoms with Gasteiger partial charge in [0, 0.05) is 21.2 Å². The molecule has 0 aliphatic heterocycles. The number of halogens is 1. The van der Waals surface area contributed by atoms with Gasteiger partial charge in [0.15, 0.2) is 0 Å². The SMILES string of the molecule is Brc1ccc(Nc2nc(Nc3ccccc3)c3ccccc3n2)cc1. The standard InChI is InChI=1S/C20H15BrN4/c21-14-10-12-16(13-11-14)23-20-24-18-9-5-4-8-17(18)19(25-20)22-15-6-2-1-3-7-15/h1-13H,(H2,22,23,24,25). The highest BCUT2D eigenvalue weighted by molar-refractivity contribution is 9.10. The number of benzene rings is 3. The van der Waals surface area contributed by atoms with E-state index in [-0.39, 0.29) is 0 Å². The summed E-state index contributed by atoms with van der Waals surface area (Å²) in [6.07, 6.45) is 0. The van der Waals surface area contributed by atoms with Crippen LogP contribution in [0.3, 0.4) is 0 Å². The van der Waals surface area contributed by atoms with Crippen molar-refractivity contribution >= 4 is 50.0 Å². The first kappa shape index (κ1) is 15.6. The molecule has 4 rings (SSSR count). The third kappa shape index (κ3) is 3.61. The third-order valence-corrected chi connectivity index (χ3v) is 4.27. The van der Waals surface area contributed by atoms with E-state index < -0.39 is 0 Å². The second-order valence-electron chi connectivity index (χ2n) is 5.54. The summed E-state index contributed by atoms with van der Waals surface area (Å²) in [5.41, 5.74) is 2.81. The summed E-state index contributed by atoms with van der Waals surface area (Å²) in [5.74, 6) is 1.33. The molecule has 0 amide bonds. The molecule has 25 heavy (non-hydrogen) atoms. The average Bonchev–Trinajstić information content (AvgIpc) is 2.65. The lowest BCUT2D eigenvalue weighted by molar-refractivity contribution is 1.21. The zero-order valence-electron chi connectivity index (χ0n) is 13.3. The average molecular weight is 391 g/mol. The van der Waals surface area contributed by atoms with Crippen LogP contribution in [0.1, 0.15) is 0 Å². The van der Waals surface area contributed by atoms with Gasteiger partial charge < -0.3 is 10.6 Å². The number of para-hydroxylation sites is 2. The van der Waals surface area contributed by atoms with Gasteiger partial charge in [0.25, 0.3) is 0 Å². The largest absolute Gasteiger partial charge is 0.340 e. The van der Waals surface area contributed by atoms with Crippen LogP contribution in [0.4, 0.5) is 23.1 Å². The Morgan fingerprint density at radius 1 is 0.640 bits per heavy atom. The van der Waals surface area contributed by atoms with E-state index in [0.29, 0.717) is 5.95 Å². The summed E-state index contributed by atoms with van der Waals surface area (Å²) < 4.78 is 1.03. The molecular weight excluding hydrogens is 376 g/mol. The van der Waals surface area contributed by atoms with E-state index in [2.05, 4.69) is 36.5 Å². The molecule has 1 heterocycles. The molecule has 5 heteroatoms. The number of nitrogens with zero attached hydrogens (tertiary/aromatic N) is 2. The lowest BCUT2D eigenvalue weighted by Gasteiger charge is -2.12. The lowest BCUT2D eigenvalue weighted by atomic mass is 10.2. The Bertz CT molecular complexity index is 1000. The van der Waals surface area contributed by atoms with E-state index in [9.17, 15) is 0 Å². The van der Waals surface area contributed by atoms with Crippen LogP contribution in [0.15, 0.2) is 83.3 Å². The zero-order chi connectivity index (χ0) is 17.1. The highest BCUT2D eigenvalue weighted by Gasteiger charge is 2.08. The van der Waals surface area contributed by atoms with Crippen LogP contribution in [-0.2, 0) is 0 Å². The Labute approximate surface area is 154 Å². The molecule has 4 nitrogen and oxygen atoms in total. The summed E-state index contributed by atoms with van der Waals surface area (Å²) in [6, 6.07) is 25.9. The number of hydrogen-bond acceptors (Lipinski definition) is 4. The van der Waals surface area contributed by atoms with Gasteiger partial charge in [-0.25, -0.2) is 4.98 Å². The molecule has 0 spiro atoms. The van der Waals surface area contributed by atoms with Crippen LogP contribution in [0.2, 0.25) is 0 Å². The maximum Gasteiger partial charge on any atom is 0.229 e. The molecule has 0 saturated carbocycles. The second kappa shape index (κ2) is 6.91. The van der Waals surface area contributed by atoms with Crippen molar-refractivity contribution in [2.24, 2.45) is 0 Å². The van der Waals surface area contributed by atoms with E-state index in [1.54, 1.807) is 0 Å². The first-order valence-corrected chi connectivity index (χ1v) is 8.69. The summed E-state index contributed by atoms with van der Waals surface area (Å²) in [6.45, 7) is 0. The van der Waals surface area contributed by atoms with E-state index in [1.165, 1.54) is 0 Å². The fourth-order valence-corrected chi connectivity index (χ4v) is 2.81. The fourth-order valence-electron chi connectivity index (χ4n) is 2.55. The van der Waals surface area contributed by atoms with Crippen molar-refractivity contribution in [1.29, 1.82) is 0 Å². The van der Waals surface area contributed by atoms with Crippen molar-refractivity contribution < 1.29 is 0 Å². The summed E-state index contributed by atoms with van der Waals surface area (Å²) >= 11 is 3.44. The number of rotatable bonds is 4. The van der Waals surface area contributed by atoms with Gasteiger partial charge in [-0.05, 0) is 48.5 Å². The van der Waals surface area contributed by atoms with Gasteiger partial charge in [-0.3, -0.25) is 0 Å². The van der Waals surface area contributed by atoms with E-state index >= 15 is 0 Å². The summed E-state index contributed by atoms with van der Waals surface area (Å²) in [7, 11) is 0. The molecule has 0 fully saturated rings. The van der Waals surface area contributed by atoms with Crippen molar-refractivity contribution in [3.63, 3.8) is 0 Å². The molecule has 2 N–H and O–H groups in total. The number of nitrogens with one attached hydrogen (secondary N) is 2. The summed E-state index contributed by atoms with van der Waals surface area (Å²) in [5, 5.41) is 7.63. The quantitative estimate of drug-likeness (QED) is 0.456. The molecule has 0 unspecified atom stereocenters. The van der Waals surface area contributed by atoms with Gasteiger partial charge in [-0.1, -0.05) is 46.3 Å². The van der Waals surface area contributed by atoms with Gasteiger partial charge in [-0.15, -0.1) is 0 Å². The molecule has 4 aromatic rings. The maximum atomic E-state index is 4.67. The summed E-state index contributed by atoms with van der Waals surface area (Å²) in [4.78, 5) is 9.29. The topological polar surface area (TPSA) is 49.8 Å². The molecule has 0 aliphatic rings. The van der Waals surface area contributed by atoms with Crippen LogP contribution >= 0.6 is 15.9 Å². The zero-order valence-corrected chi connectivity index (χ0v) is 14.9. The van der Waals surface area contributed by atoms with Crippen molar-refractivity contribution in [2.75, 3.05) is 10.6 Å². The van der Waals surface area contributed by atoms with Crippen LogP contribution < -0.4 is 10.6 Å². The number of anilines is 4. The lowest BCUT2D eigenvalue weighted by Crippen LogP contribution is -2.02. The fraction of sp³-hybridized carbons (Fsp3) is 0. The highest BCUT2D eigenvalue weighted by Crippen LogP contribution is 2.26. The number of fused-ring (bicyclic) bond motifs is 1. The Balaban J connectivity index is 1.74. The minimum atomic E-state index is 0.555. The van der Waals surface area contributed by atoms with Crippen molar-refractivity contribution in [3.05, 3.63) is 83.3 Å². The molecule has 0 radical (unpaired) electrons. The van der Waals surface area contributed by atoms with E-state index in [0.717, 1.165) is 32.6 Å². The van der Waals surface area contributed by atoms with Crippen molar-refractivity contribution in [3.8, 4) is 0 Å². The van der Waals surface area contributed by atoms with Crippen LogP contribution in [0.5, 0.6) is 0 Å². The normalized spacial score (nSPS) is 10.6. The first-order valence-electron chi connectivity index (χ1n) is 7.89. The van der Waals surface area contributed by atoms with Crippen LogP contribution in [0.25, 0.3) is 10.9 Å². The minimum absolute atomic E-state index is 0.555.